The monoisotopic (exact) mass is 141 g/mol. The van der Waals surface area contributed by atoms with Gasteiger partial charge in [-0.2, -0.15) is 0 Å². The van der Waals surface area contributed by atoms with Crippen molar-refractivity contribution in [2.24, 2.45) is 0 Å². The van der Waals surface area contributed by atoms with Gasteiger partial charge < -0.3 is 0 Å². The normalized spacial score (nSPS) is 11.0. The molecule has 0 fully saturated rings. The Kier molecular flexibility index (Phi) is 8.44. The van der Waals surface area contributed by atoms with E-state index < -0.39 is 0 Å². The summed E-state index contributed by atoms with van der Waals surface area (Å²) < 4.78 is 0. The zero-order valence-electron chi connectivity index (χ0n) is 6.81. The smallest absolute Gasteiger partial charge is 0.100 e. The molecule has 0 saturated carbocycles. The maximum atomic E-state index is 9.93. The molecule has 0 saturated heterocycles. The third-order valence-corrected chi connectivity index (χ3v) is 1.49. The fraction of sp³-hybridized carbons (Fsp3) is 0.778. The van der Waals surface area contributed by atoms with Gasteiger partial charge >= 0.3 is 0 Å². The molecule has 0 unspecified atom stereocenters. The first kappa shape index (κ1) is 9.70. The summed E-state index contributed by atoms with van der Waals surface area (Å²) >= 11 is 0. The van der Waals surface area contributed by atoms with Gasteiger partial charge in [-0.3, -0.25) is 0 Å². The molecule has 0 aromatic carbocycles. The standard InChI is InChI=1S/C9H17O/c1-2-3-4-5-6-7-8-9-10/h7-8H,2-6,9H2,1H3. The molecule has 59 valence electrons. The topological polar surface area (TPSA) is 19.9 Å². The van der Waals surface area contributed by atoms with Crippen molar-refractivity contribution in [3.05, 3.63) is 12.2 Å². The van der Waals surface area contributed by atoms with Gasteiger partial charge in [0.1, 0.15) is 6.61 Å². The predicted molar refractivity (Wildman–Crippen MR) is 43.5 cm³/mol. The molecule has 0 bridgehead atoms. The summed E-state index contributed by atoms with van der Waals surface area (Å²) in [5.41, 5.74) is 0. The Morgan fingerprint density at radius 1 is 1.10 bits per heavy atom. The largest absolute Gasteiger partial charge is 0.232 e. The quantitative estimate of drug-likeness (QED) is 0.400. The minimum Gasteiger partial charge on any atom is -0.232 e. The van der Waals surface area contributed by atoms with Crippen LogP contribution in [0.4, 0.5) is 0 Å². The maximum Gasteiger partial charge on any atom is 0.100 e. The van der Waals surface area contributed by atoms with Gasteiger partial charge in [0.15, 0.2) is 0 Å². The summed E-state index contributed by atoms with van der Waals surface area (Å²) in [5, 5.41) is 9.93. The van der Waals surface area contributed by atoms with Crippen LogP contribution in [0.1, 0.15) is 39.0 Å². The molecule has 0 amide bonds. The SMILES string of the molecule is CCCCCCC=CC[O]. The van der Waals surface area contributed by atoms with Crippen LogP contribution in [-0.4, -0.2) is 6.61 Å². The molecule has 0 aliphatic carbocycles. The van der Waals surface area contributed by atoms with Gasteiger partial charge in [-0.05, 0) is 12.8 Å². The fourth-order valence-electron chi connectivity index (χ4n) is 0.875. The summed E-state index contributed by atoms with van der Waals surface area (Å²) in [6, 6.07) is 0. The first-order valence-corrected chi connectivity index (χ1v) is 4.15. The Bertz CT molecular complexity index is 76.8. The molecule has 10 heavy (non-hydrogen) atoms. The highest BCUT2D eigenvalue weighted by atomic mass is 16.2. The minimum atomic E-state index is -0.0617. The molecule has 0 aromatic heterocycles. The lowest BCUT2D eigenvalue weighted by Gasteiger charge is -1.92. The van der Waals surface area contributed by atoms with Gasteiger partial charge in [0, 0.05) is 0 Å². The second-order valence-electron chi connectivity index (χ2n) is 2.49. The Morgan fingerprint density at radius 3 is 2.50 bits per heavy atom. The van der Waals surface area contributed by atoms with E-state index in [-0.39, 0.29) is 6.61 Å². The highest BCUT2D eigenvalue weighted by Gasteiger charge is 1.83. The predicted octanol–water partition coefficient (Wildman–Crippen LogP) is 2.94. The van der Waals surface area contributed by atoms with Crippen molar-refractivity contribution >= 4 is 0 Å². The van der Waals surface area contributed by atoms with Crippen LogP contribution in [0.25, 0.3) is 0 Å². The van der Waals surface area contributed by atoms with E-state index in [1.54, 1.807) is 6.08 Å². The average Bonchev–Trinajstić information content (AvgIpc) is 1.97. The first-order chi connectivity index (χ1) is 4.91. The molecule has 1 nitrogen and oxygen atoms in total. The second-order valence-corrected chi connectivity index (χ2v) is 2.49. The number of hydrogen-bond acceptors (Lipinski definition) is 0. The zero-order chi connectivity index (χ0) is 7.66. The molecule has 0 atom stereocenters. The maximum absolute atomic E-state index is 9.93. The summed E-state index contributed by atoms with van der Waals surface area (Å²) in [7, 11) is 0. The van der Waals surface area contributed by atoms with Gasteiger partial charge in [0.25, 0.3) is 0 Å². The highest BCUT2D eigenvalue weighted by molar-refractivity contribution is 4.80. The molecule has 0 aromatic rings. The molecule has 1 heteroatoms. The molecule has 0 aliphatic rings. The fourth-order valence-corrected chi connectivity index (χ4v) is 0.875. The Morgan fingerprint density at radius 2 is 1.90 bits per heavy atom. The molecular weight excluding hydrogens is 124 g/mol. The van der Waals surface area contributed by atoms with Crippen LogP contribution in [0, 0.1) is 0 Å². The van der Waals surface area contributed by atoms with E-state index in [0.717, 1.165) is 6.42 Å². The number of hydrogen-bond donors (Lipinski definition) is 0. The molecule has 0 aliphatic heterocycles. The lowest BCUT2D eigenvalue weighted by Crippen LogP contribution is -1.74. The average molecular weight is 141 g/mol. The number of rotatable bonds is 6. The third-order valence-electron chi connectivity index (χ3n) is 1.49. The van der Waals surface area contributed by atoms with Crippen molar-refractivity contribution in [3.63, 3.8) is 0 Å². The summed E-state index contributed by atoms with van der Waals surface area (Å²) in [6.45, 7) is 2.14. The van der Waals surface area contributed by atoms with E-state index in [9.17, 15) is 5.11 Å². The molecular formula is C9H17O. The van der Waals surface area contributed by atoms with Crippen molar-refractivity contribution < 1.29 is 5.11 Å². The Labute approximate surface area is 63.8 Å². The van der Waals surface area contributed by atoms with Gasteiger partial charge in [0.05, 0.1) is 0 Å². The molecule has 1 radical (unpaired) electrons. The highest BCUT2D eigenvalue weighted by Crippen LogP contribution is 2.02. The van der Waals surface area contributed by atoms with E-state index in [1.807, 2.05) is 6.08 Å². The summed E-state index contributed by atoms with van der Waals surface area (Å²) in [5.74, 6) is 0. The van der Waals surface area contributed by atoms with E-state index >= 15 is 0 Å². The van der Waals surface area contributed by atoms with Gasteiger partial charge in [-0.1, -0.05) is 38.3 Å². The van der Waals surface area contributed by atoms with E-state index in [0.29, 0.717) is 0 Å². The zero-order valence-corrected chi connectivity index (χ0v) is 6.81. The van der Waals surface area contributed by atoms with Crippen LogP contribution in [-0.2, 0) is 5.11 Å². The number of unbranched alkanes of at least 4 members (excludes halogenated alkanes) is 4. The van der Waals surface area contributed by atoms with Crippen LogP contribution in [0.5, 0.6) is 0 Å². The van der Waals surface area contributed by atoms with Crippen molar-refractivity contribution in [1.29, 1.82) is 0 Å². The molecule has 0 N–H and O–H groups in total. The van der Waals surface area contributed by atoms with Crippen molar-refractivity contribution in [2.45, 2.75) is 39.0 Å². The number of allylic oxidation sites excluding steroid dienone is 1. The van der Waals surface area contributed by atoms with Crippen LogP contribution < -0.4 is 0 Å². The molecule has 0 heterocycles. The van der Waals surface area contributed by atoms with Crippen LogP contribution >= 0.6 is 0 Å². The second kappa shape index (κ2) is 8.70. The van der Waals surface area contributed by atoms with E-state index in [4.69, 9.17) is 0 Å². The molecule has 0 spiro atoms. The van der Waals surface area contributed by atoms with E-state index in [2.05, 4.69) is 6.92 Å². The van der Waals surface area contributed by atoms with E-state index in [1.165, 1.54) is 25.7 Å². The van der Waals surface area contributed by atoms with Crippen molar-refractivity contribution in [1.82, 2.24) is 0 Å². The summed E-state index contributed by atoms with van der Waals surface area (Å²) in [6.07, 6.45) is 9.93. The van der Waals surface area contributed by atoms with Crippen molar-refractivity contribution in [2.75, 3.05) is 6.61 Å². The van der Waals surface area contributed by atoms with Crippen LogP contribution in [0.2, 0.25) is 0 Å². The van der Waals surface area contributed by atoms with Gasteiger partial charge in [0.2, 0.25) is 0 Å². The van der Waals surface area contributed by atoms with Crippen LogP contribution in [0.3, 0.4) is 0 Å². The van der Waals surface area contributed by atoms with Crippen LogP contribution in [0.15, 0.2) is 12.2 Å². The summed E-state index contributed by atoms with van der Waals surface area (Å²) in [4.78, 5) is 0. The third kappa shape index (κ3) is 7.70. The first-order valence-electron chi connectivity index (χ1n) is 4.15. The minimum absolute atomic E-state index is 0.0617. The molecule has 0 rings (SSSR count). The van der Waals surface area contributed by atoms with Gasteiger partial charge in [-0.25, -0.2) is 5.11 Å². The lowest BCUT2D eigenvalue weighted by atomic mass is 10.1. The Hall–Kier alpha value is -0.300. The lowest BCUT2D eigenvalue weighted by molar-refractivity contribution is 0.232. The Balaban J connectivity index is 2.83. The van der Waals surface area contributed by atoms with Crippen molar-refractivity contribution in [3.8, 4) is 0 Å². The van der Waals surface area contributed by atoms with Gasteiger partial charge in [-0.15, -0.1) is 0 Å².